The van der Waals surface area contributed by atoms with Gasteiger partial charge in [0.15, 0.2) is 0 Å². The summed E-state index contributed by atoms with van der Waals surface area (Å²) in [6.45, 7) is 2.11. The number of benzene rings is 2. The van der Waals surface area contributed by atoms with Gasteiger partial charge in [-0.05, 0) is 24.5 Å². The molecule has 2 aromatic carbocycles. The first kappa shape index (κ1) is 13.3. The minimum absolute atomic E-state index is 0.250. The lowest BCUT2D eigenvalue weighted by Gasteiger charge is -2.18. The van der Waals surface area contributed by atoms with Gasteiger partial charge >= 0.3 is 0 Å². The van der Waals surface area contributed by atoms with Crippen molar-refractivity contribution in [2.24, 2.45) is 0 Å². The molecule has 0 aliphatic carbocycles. The summed E-state index contributed by atoms with van der Waals surface area (Å²) < 4.78 is 0. The quantitative estimate of drug-likeness (QED) is 0.882. The first-order chi connectivity index (χ1) is 9.29. The maximum Gasteiger partial charge on any atom is 0.121 e. The van der Waals surface area contributed by atoms with Crippen LogP contribution in [-0.4, -0.2) is 6.04 Å². The van der Waals surface area contributed by atoms with Gasteiger partial charge in [-0.2, -0.15) is 5.26 Å². The topological polar surface area (TPSA) is 35.8 Å². The zero-order valence-corrected chi connectivity index (χ0v) is 11.1. The predicted octanol–water partition coefficient (Wildman–Crippen LogP) is 3.47. The second-order valence-electron chi connectivity index (χ2n) is 4.73. The SMILES string of the molecule is C[C@@H](Cc1ccccc1)N[C@@H](C#N)c1ccccc1. The number of hydrogen-bond acceptors (Lipinski definition) is 2. The van der Waals surface area contributed by atoms with E-state index in [1.807, 2.05) is 48.5 Å². The molecule has 2 nitrogen and oxygen atoms in total. The Morgan fingerprint density at radius 2 is 1.58 bits per heavy atom. The first-order valence-corrected chi connectivity index (χ1v) is 6.54. The van der Waals surface area contributed by atoms with Crippen molar-refractivity contribution in [1.82, 2.24) is 5.32 Å². The molecule has 96 valence electrons. The van der Waals surface area contributed by atoms with Crippen molar-refractivity contribution in [2.45, 2.75) is 25.4 Å². The molecule has 0 aromatic heterocycles. The lowest BCUT2D eigenvalue weighted by molar-refractivity contribution is 0.510. The van der Waals surface area contributed by atoms with Gasteiger partial charge in [0.05, 0.1) is 6.07 Å². The fraction of sp³-hybridized carbons (Fsp3) is 0.235. The summed E-state index contributed by atoms with van der Waals surface area (Å²) in [6.07, 6.45) is 0.922. The maximum atomic E-state index is 9.28. The third-order valence-electron chi connectivity index (χ3n) is 3.10. The molecule has 0 unspecified atom stereocenters. The number of nitrogens with one attached hydrogen (secondary N) is 1. The maximum absolute atomic E-state index is 9.28. The average Bonchev–Trinajstić information content (AvgIpc) is 2.47. The first-order valence-electron chi connectivity index (χ1n) is 6.54. The lowest BCUT2D eigenvalue weighted by atomic mass is 10.0. The van der Waals surface area contributed by atoms with Gasteiger partial charge in [-0.3, -0.25) is 5.32 Å². The Hall–Kier alpha value is -2.11. The Bertz CT molecular complexity index is 528. The van der Waals surface area contributed by atoms with Crippen LogP contribution in [0.15, 0.2) is 60.7 Å². The molecule has 0 spiro atoms. The van der Waals surface area contributed by atoms with Gasteiger partial charge in [-0.15, -0.1) is 0 Å². The van der Waals surface area contributed by atoms with Crippen molar-refractivity contribution in [2.75, 3.05) is 0 Å². The second-order valence-corrected chi connectivity index (χ2v) is 4.73. The van der Waals surface area contributed by atoms with Crippen LogP contribution in [0.5, 0.6) is 0 Å². The van der Waals surface area contributed by atoms with Crippen molar-refractivity contribution in [1.29, 1.82) is 5.26 Å². The van der Waals surface area contributed by atoms with E-state index in [0.29, 0.717) is 0 Å². The summed E-state index contributed by atoms with van der Waals surface area (Å²) in [5, 5.41) is 12.7. The van der Waals surface area contributed by atoms with Crippen LogP contribution < -0.4 is 5.32 Å². The van der Waals surface area contributed by atoms with Crippen molar-refractivity contribution in [3.63, 3.8) is 0 Å². The standard InChI is InChI=1S/C17H18N2/c1-14(12-15-8-4-2-5-9-15)19-17(13-18)16-10-6-3-7-11-16/h2-11,14,17,19H,12H2,1H3/t14-,17-/m0/s1. The molecule has 0 amide bonds. The van der Waals surface area contributed by atoms with Crippen LogP contribution in [0.1, 0.15) is 24.1 Å². The van der Waals surface area contributed by atoms with Gasteiger partial charge in [0.25, 0.3) is 0 Å². The van der Waals surface area contributed by atoms with Crippen molar-refractivity contribution in [3.05, 3.63) is 71.8 Å². The van der Waals surface area contributed by atoms with E-state index in [0.717, 1.165) is 12.0 Å². The number of nitriles is 1. The lowest BCUT2D eigenvalue weighted by Crippen LogP contribution is -2.31. The monoisotopic (exact) mass is 250 g/mol. The van der Waals surface area contributed by atoms with Gasteiger partial charge in [-0.25, -0.2) is 0 Å². The molecule has 0 bridgehead atoms. The molecular formula is C17H18N2. The molecule has 2 heteroatoms. The summed E-state index contributed by atoms with van der Waals surface area (Å²) in [7, 11) is 0. The molecule has 0 aliphatic rings. The molecule has 0 saturated carbocycles. The third kappa shape index (κ3) is 3.94. The highest BCUT2D eigenvalue weighted by atomic mass is 14.9. The highest BCUT2D eigenvalue weighted by molar-refractivity contribution is 5.24. The van der Waals surface area contributed by atoms with E-state index in [1.54, 1.807) is 0 Å². The van der Waals surface area contributed by atoms with E-state index < -0.39 is 0 Å². The molecule has 0 fully saturated rings. The number of rotatable bonds is 5. The van der Waals surface area contributed by atoms with Gasteiger partial charge in [0.2, 0.25) is 0 Å². The minimum Gasteiger partial charge on any atom is -0.295 e. The van der Waals surface area contributed by atoms with Crippen LogP contribution in [-0.2, 0) is 6.42 Å². The largest absolute Gasteiger partial charge is 0.295 e. The Morgan fingerprint density at radius 3 is 2.16 bits per heavy atom. The Balaban J connectivity index is 1.98. The Kier molecular flexibility index (Phi) is 4.72. The number of hydrogen-bond donors (Lipinski definition) is 1. The molecule has 2 rings (SSSR count). The Morgan fingerprint density at radius 1 is 1.00 bits per heavy atom. The molecule has 2 atom stereocenters. The molecule has 19 heavy (non-hydrogen) atoms. The molecule has 0 heterocycles. The van der Waals surface area contributed by atoms with Crippen LogP contribution in [0.3, 0.4) is 0 Å². The highest BCUT2D eigenvalue weighted by Crippen LogP contribution is 2.13. The molecular weight excluding hydrogens is 232 g/mol. The summed E-state index contributed by atoms with van der Waals surface area (Å²) in [6, 6.07) is 22.5. The molecule has 0 aliphatic heterocycles. The zero-order valence-electron chi connectivity index (χ0n) is 11.1. The van der Waals surface area contributed by atoms with Crippen LogP contribution in [0.2, 0.25) is 0 Å². The van der Waals surface area contributed by atoms with Crippen LogP contribution in [0.4, 0.5) is 0 Å². The molecule has 0 saturated heterocycles. The minimum atomic E-state index is -0.250. The summed E-state index contributed by atoms with van der Waals surface area (Å²) >= 11 is 0. The molecule has 0 radical (unpaired) electrons. The van der Waals surface area contributed by atoms with Gasteiger partial charge < -0.3 is 0 Å². The van der Waals surface area contributed by atoms with E-state index >= 15 is 0 Å². The summed E-state index contributed by atoms with van der Waals surface area (Å²) in [4.78, 5) is 0. The van der Waals surface area contributed by atoms with E-state index in [4.69, 9.17) is 0 Å². The average molecular weight is 250 g/mol. The number of nitrogens with zero attached hydrogens (tertiary/aromatic N) is 1. The molecule has 2 aromatic rings. The fourth-order valence-corrected chi connectivity index (χ4v) is 2.16. The normalized spacial score (nSPS) is 13.5. The predicted molar refractivity (Wildman–Crippen MR) is 77.5 cm³/mol. The fourth-order valence-electron chi connectivity index (χ4n) is 2.16. The van der Waals surface area contributed by atoms with Crippen molar-refractivity contribution >= 4 is 0 Å². The van der Waals surface area contributed by atoms with E-state index in [1.165, 1.54) is 5.56 Å². The van der Waals surface area contributed by atoms with Crippen LogP contribution in [0, 0.1) is 11.3 Å². The third-order valence-corrected chi connectivity index (χ3v) is 3.10. The smallest absolute Gasteiger partial charge is 0.121 e. The van der Waals surface area contributed by atoms with Crippen molar-refractivity contribution < 1.29 is 0 Å². The highest BCUT2D eigenvalue weighted by Gasteiger charge is 2.13. The van der Waals surface area contributed by atoms with Crippen LogP contribution >= 0.6 is 0 Å². The van der Waals surface area contributed by atoms with Gasteiger partial charge in [0, 0.05) is 6.04 Å². The Labute approximate surface area is 114 Å². The van der Waals surface area contributed by atoms with Gasteiger partial charge in [0.1, 0.15) is 6.04 Å². The molecule has 1 N–H and O–H groups in total. The van der Waals surface area contributed by atoms with Crippen LogP contribution in [0.25, 0.3) is 0 Å². The van der Waals surface area contributed by atoms with E-state index in [9.17, 15) is 5.26 Å². The second kappa shape index (κ2) is 6.72. The summed E-state index contributed by atoms with van der Waals surface area (Å²) in [5.74, 6) is 0. The van der Waals surface area contributed by atoms with Gasteiger partial charge in [-0.1, -0.05) is 60.7 Å². The van der Waals surface area contributed by atoms with E-state index in [-0.39, 0.29) is 12.1 Å². The summed E-state index contributed by atoms with van der Waals surface area (Å²) in [5.41, 5.74) is 2.30. The van der Waals surface area contributed by atoms with E-state index in [2.05, 4.69) is 30.4 Å². The van der Waals surface area contributed by atoms with Crippen molar-refractivity contribution in [3.8, 4) is 6.07 Å². The zero-order chi connectivity index (χ0) is 13.5.